The number of urea groups is 1. The predicted molar refractivity (Wildman–Crippen MR) is 60.0 cm³/mol. The molecular weight excluding hydrogens is 209 g/mol. The van der Waals surface area contributed by atoms with E-state index < -0.39 is 6.17 Å². The Morgan fingerprint density at radius 3 is 2.81 bits per heavy atom. The van der Waals surface area contributed by atoms with E-state index in [1.54, 1.807) is 16.8 Å². The molecule has 2 heterocycles. The molecule has 0 aromatic carbocycles. The molecule has 0 aliphatic carbocycles. The van der Waals surface area contributed by atoms with Gasteiger partial charge >= 0.3 is 6.03 Å². The minimum Gasteiger partial charge on any atom is -0.322 e. The Balaban J connectivity index is 1.94. The van der Waals surface area contributed by atoms with Crippen molar-refractivity contribution in [2.75, 3.05) is 33.2 Å². The zero-order valence-corrected chi connectivity index (χ0v) is 9.53. The second-order valence-corrected chi connectivity index (χ2v) is 4.35. The molecule has 4 nitrogen and oxygen atoms in total. The number of nitrogens with zero attached hydrogens (tertiary/aromatic N) is 2. The van der Waals surface area contributed by atoms with Crippen LogP contribution in [0.25, 0.3) is 0 Å². The molecule has 2 aliphatic heterocycles. The van der Waals surface area contributed by atoms with E-state index in [0.29, 0.717) is 26.1 Å². The maximum Gasteiger partial charge on any atom is 0.320 e. The Hall–Kier alpha value is -1.10. The maximum absolute atomic E-state index is 13.7. The third-order valence-electron chi connectivity index (χ3n) is 3.26. The average Bonchev–Trinajstić information content (AvgIpc) is 2.81. The summed E-state index contributed by atoms with van der Waals surface area (Å²) < 4.78 is 13.7. The van der Waals surface area contributed by atoms with E-state index in [4.69, 9.17) is 0 Å². The number of alkyl halides is 1. The first kappa shape index (κ1) is 11.4. The summed E-state index contributed by atoms with van der Waals surface area (Å²) in [6.45, 7) is 2.41. The second-order valence-electron chi connectivity index (χ2n) is 4.35. The first-order chi connectivity index (χ1) is 7.70. The summed E-state index contributed by atoms with van der Waals surface area (Å²) in [6.07, 6.45) is 3.64. The van der Waals surface area contributed by atoms with E-state index in [1.807, 2.05) is 12.2 Å². The van der Waals surface area contributed by atoms with Gasteiger partial charge in [0.25, 0.3) is 0 Å². The van der Waals surface area contributed by atoms with Gasteiger partial charge < -0.3 is 15.1 Å². The summed E-state index contributed by atoms with van der Waals surface area (Å²) in [4.78, 5) is 15.3. The lowest BCUT2D eigenvalue weighted by atomic mass is 10.0. The van der Waals surface area contributed by atoms with Gasteiger partial charge in [0.05, 0.1) is 6.04 Å². The first-order valence-corrected chi connectivity index (χ1v) is 5.71. The van der Waals surface area contributed by atoms with Gasteiger partial charge in [0.1, 0.15) is 6.17 Å². The Bertz CT molecular complexity index is 287. The van der Waals surface area contributed by atoms with Crippen LogP contribution in [0.2, 0.25) is 0 Å². The maximum atomic E-state index is 13.7. The summed E-state index contributed by atoms with van der Waals surface area (Å²) in [7, 11) is 1.70. The molecule has 2 rings (SSSR count). The molecule has 0 aromatic heterocycles. The van der Waals surface area contributed by atoms with Gasteiger partial charge in [-0.05, 0) is 13.0 Å². The zero-order chi connectivity index (χ0) is 11.5. The van der Waals surface area contributed by atoms with E-state index in [2.05, 4.69) is 5.32 Å². The minimum atomic E-state index is -0.960. The van der Waals surface area contributed by atoms with Gasteiger partial charge in [-0.3, -0.25) is 0 Å². The fraction of sp³-hybridized carbons (Fsp3) is 0.727. The Labute approximate surface area is 95.1 Å². The fourth-order valence-electron chi connectivity index (χ4n) is 2.24. The number of hydrogen-bond acceptors (Lipinski definition) is 2. The van der Waals surface area contributed by atoms with Crippen molar-refractivity contribution in [2.45, 2.75) is 18.6 Å². The van der Waals surface area contributed by atoms with Crippen molar-refractivity contribution in [3.8, 4) is 0 Å². The lowest BCUT2D eigenvalue weighted by Crippen LogP contribution is -2.54. The molecule has 0 bridgehead atoms. The lowest BCUT2D eigenvalue weighted by molar-refractivity contribution is 0.101. The van der Waals surface area contributed by atoms with Crippen LogP contribution in [0, 0.1) is 0 Å². The van der Waals surface area contributed by atoms with Crippen molar-refractivity contribution in [1.82, 2.24) is 15.1 Å². The smallest absolute Gasteiger partial charge is 0.320 e. The number of hydrogen-bond donors (Lipinski definition) is 1. The van der Waals surface area contributed by atoms with Crippen LogP contribution in [-0.4, -0.2) is 61.3 Å². The standard InChI is InChI=1S/C11H18FN3O/c1-14(10-4-5-13-8-9(10)12)11(16)15-6-2-3-7-15/h2-3,9-10,13H,4-8H2,1H3/t9?,10-/m1/s1. The SMILES string of the molecule is CN(C(=O)N1CC=CC1)[C@@H]1CCNCC1F. The molecule has 2 amide bonds. The van der Waals surface area contributed by atoms with Gasteiger partial charge in [-0.2, -0.15) is 0 Å². The predicted octanol–water partition coefficient (Wildman–Crippen LogP) is 0.610. The van der Waals surface area contributed by atoms with Crippen LogP contribution in [0.1, 0.15) is 6.42 Å². The van der Waals surface area contributed by atoms with E-state index >= 15 is 0 Å². The number of amides is 2. The highest BCUT2D eigenvalue weighted by atomic mass is 19.1. The second kappa shape index (κ2) is 4.82. The third kappa shape index (κ3) is 2.19. The van der Waals surface area contributed by atoms with E-state index in [9.17, 15) is 9.18 Å². The highest BCUT2D eigenvalue weighted by Crippen LogP contribution is 2.16. The first-order valence-electron chi connectivity index (χ1n) is 5.71. The summed E-state index contributed by atoms with van der Waals surface area (Å²) in [5.41, 5.74) is 0. The van der Waals surface area contributed by atoms with Crippen molar-refractivity contribution in [3.63, 3.8) is 0 Å². The van der Waals surface area contributed by atoms with Crippen LogP contribution < -0.4 is 5.32 Å². The van der Waals surface area contributed by atoms with Crippen LogP contribution in [0.4, 0.5) is 9.18 Å². The molecular formula is C11H18FN3O. The number of halogens is 1. The number of carbonyl (C=O) groups is 1. The molecule has 2 aliphatic rings. The number of rotatable bonds is 1. The van der Waals surface area contributed by atoms with Crippen LogP contribution in [0.3, 0.4) is 0 Å². The summed E-state index contributed by atoms with van der Waals surface area (Å²) in [5.74, 6) is 0. The summed E-state index contributed by atoms with van der Waals surface area (Å²) in [5, 5.41) is 2.99. The average molecular weight is 227 g/mol. The normalized spacial score (nSPS) is 29.5. The highest BCUT2D eigenvalue weighted by Gasteiger charge is 2.32. The topological polar surface area (TPSA) is 35.6 Å². The van der Waals surface area contributed by atoms with Crippen molar-refractivity contribution in [2.24, 2.45) is 0 Å². The molecule has 1 N–H and O–H groups in total. The van der Waals surface area contributed by atoms with Gasteiger partial charge in [0, 0.05) is 26.7 Å². The molecule has 0 spiro atoms. The van der Waals surface area contributed by atoms with E-state index in [1.165, 1.54) is 0 Å². The van der Waals surface area contributed by atoms with E-state index in [-0.39, 0.29) is 12.1 Å². The van der Waals surface area contributed by atoms with Crippen LogP contribution in [0.15, 0.2) is 12.2 Å². The van der Waals surface area contributed by atoms with Gasteiger partial charge in [-0.1, -0.05) is 12.2 Å². The van der Waals surface area contributed by atoms with Gasteiger partial charge in [0.2, 0.25) is 0 Å². The quantitative estimate of drug-likeness (QED) is 0.666. The van der Waals surface area contributed by atoms with E-state index in [0.717, 1.165) is 6.54 Å². The van der Waals surface area contributed by atoms with Crippen molar-refractivity contribution in [1.29, 1.82) is 0 Å². The number of piperidine rings is 1. The molecule has 1 saturated heterocycles. The van der Waals surface area contributed by atoms with Crippen molar-refractivity contribution >= 4 is 6.03 Å². The monoisotopic (exact) mass is 227 g/mol. The fourth-order valence-corrected chi connectivity index (χ4v) is 2.24. The molecule has 1 unspecified atom stereocenters. The molecule has 0 saturated carbocycles. The Morgan fingerprint density at radius 2 is 2.19 bits per heavy atom. The molecule has 90 valence electrons. The lowest BCUT2D eigenvalue weighted by Gasteiger charge is -2.36. The largest absolute Gasteiger partial charge is 0.322 e. The van der Waals surface area contributed by atoms with Crippen LogP contribution >= 0.6 is 0 Å². The van der Waals surface area contributed by atoms with Crippen molar-refractivity contribution < 1.29 is 9.18 Å². The van der Waals surface area contributed by atoms with Gasteiger partial charge in [-0.25, -0.2) is 9.18 Å². The van der Waals surface area contributed by atoms with Gasteiger partial charge in [0.15, 0.2) is 0 Å². The Morgan fingerprint density at radius 1 is 1.50 bits per heavy atom. The molecule has 2 atom stereocenters. The van der Waals surface area contributed by atoms with Crippen LogP contribution in [0.5, 0.6) is 0 Å². The summed E-state index contributed by atoms with van der Waals surface area (Å²) >= 11 is 0. The van der Waals surface area contributed by atoms with Crippen LogP contribution in [-0.2, 0) is 0 Å². The molecule has 5 heteroatoms. The third-order valence-corrected chi connectivity index (χ3v) is 3.26. The number of nitrogens with one attached hydrogen (secondary N) is 1. The van der Waals surface area contributed by atoms with Crippen molar-refractivity contribution in [3.05, 3.63) is 12.2 Å². The molecule has 16 heavy (non-hydrogen) atoms. The molecule has 0 aromatic rings. The highest BCUT2D eigenvalue weighted by molar-refractivity contribution is 5.75. The molecule has 0 radical (unpaired) electrons. The molecule has 1 fully saturated rings. The minimum absolute atomic E-state index is 0.0699. The summed E-state index contributed by atoms with van der Waals surface area (Å²) in [6, 6.07) is -0.353. The number of carbonyl (C=O) groups excluding carboxylic acids is 1. The zero-order valence-electron chi connectivity index (χ0n) is 9.53. The Kier molecular flexibility index (Phi) is 3.43. The van der Waals surface area contributed by atoms with Gasteiger partial charge in [-0.15, -0.1) is 0 Å².